The molecule has 8 heteroatoms. The molecule has 0 bridgehead atoms. The topological polar surface area (TPSA) is 87.9 Å². The van der Waals surface area contributed by atoms with E-state index in [-0.39, 0.29) is 30.7 Å². The minimum Gasteiger partial charge on any atom is -0.370 e. The van der Waals surface area contributed by atoms with Gasteiger partial charge in [-0.25, -0.2) is 4.39 Å². The predicted molar refractivity (Wildman–Crippen MR) is 96.4 cm³/mol. The minimum absolute atomic E-state index is 0.0515. The molecule has 2 amide bonds. The van der Waals surface area contributed by atoms with Crippen molar-refractivity contribution in [1.29, 1.82) is 0 Å². The number of hydrogen-bond donors (Lipinski definition) is 2. The Hall–Kier alpha value is -2.03. The summed E-state index contributed by atoms with van der Waals surface area (Å²) in [5, 5.41) is 2.74. The third-order valence-corrected chi connectivity index (χ3v) is 4.80. The number of nitrogens with zero attached hydrogens (tertiary/aromatic N) is 2. The number of benzene rings is 1. The van der Waals surface area contributed by atoms with E-state index in [0.29, 0.717) is 24.9 Å². The third kappa shape index (κ3) is 4.03. The van der Waals surface area contributed by atoms with Gasteiger partial charge in [0.25, 0.3) is 5.91 Å². The summed E-state index contributed by atoms with van der Waals surface area (Å²) in [5.74, 6) is -1.08. The van der Waals surface area contributed by atoms with Crippen molar-refractivity contribution in [2.45, 2.75) is 31.8 Å². The average molecular weight is 364 g/mol. The van der Waals surface area contributed by atoms with Gasteiger partial charge in [0.15, 0.2) is 0 Å². The molecule has 1 aliphatic heterocycles. The fourth-order valence-electron chi connectivity index (χ4n) is 3.33. The molecular formula is C18H25FN4O3. The van der Waals surface area contributed by atoms with E-state index in [2.05, 4.69) is 10.2 Å². The maximum absolute atomic E-state index is 14.5. The van der Waals surface area contributed by atoms with Gasteiger partial charge in [-0.05, 0) is 37.6 Å². The van der Waals surface area contributed by atoms with Crippen LogP contribution in [0.25, 0.3) is 0 Å². The molecule has 142 valence electrons. The van der Waals surface area contributed by atoms with Gasteiger partial charge in [0.05, 0.1) is 12.3 Å². The predicted octanol–water partition coefficient (Wildman–Crippen LogP) is 0.939. The molecule has 0 unspecified atom stereocenters. The first-order valence-corrected chi connectivity index (χ1v) is 8.99. The van der Waals surface area contributed by atoms with Crippen LogP contribution in [0, 0.1) is 5.82 Å². The highest BCUT2D eigenvalue weighted by molar-refractivity contribution is 5.97. The van der Waals surface area contributed by atoms with Gasteiger partial charge in [0.1, 0.15) is 18.5 Å². The van der Waals surface area contributed by atoms with Gasteiger partial charge in [-0.2, -0.15) is 0 Å². The zero-order valence-corrected chi connectivity index (χ0v) is 14.9. The van der Waals surface area contributed by atoms with Crippen LogP contribution in [0.2, 0.25) is 0 Å². The molecule has 1 aromatic rings. The van der Waals surface area contributed by atoms with Gasteiger partial charge < -0.3 is 20.7 Å². The Morgan fingerprint density at radius 2 is 2.27 bits per heavy atom. The first-order valence-electron chi connectivity index (χ1n) is 8.99. The molecule has 1 heterocycles. The number of nitrogens with one attached hydrogen (secondary N) is 1. The lowest BCUT2D eigenvalue weighted by molar-refractivity contribution is -0.125. The second-order valence-electron chi connectivity index (χ2n) is 6.57. The Balaban J connectivity index is 1.70. The van der Waals surface area contributed by atoms with Crippen molar-refractivity contribution in [1.82, 2.24) is 4.90 Å². The number of carbonyl (C=O) groups excluding carboxylic acids is 2. The molecule has 1 saturated carbocycles. The average Bonchev–Trinajstić information content (AvgIpc) is 3.45. The Morgan fingerprint density at radius 1 is 1.50 bits per heavy atom. The van der Waals surface area contributed by atoms with Gasteiger partial charge >= 0.3 is 0 Å². The molecule has 3 rings (SSSR count). The lowest BCUT2D eigenvalue weighted by Crippen LogP contribution is -2.49. The highest BCUT2D eigenvalue weighted by Gasteiger charge is 2.35. The van der Waals surface area contributed by atoms with Gasteiger partial charge in [0, 0.05) is 24.8 Å². The van der Waals surface area contributed by atoms with Gasteiger partial charge in [0.2, 0.25) is 5.91 Å². The van der Waals surface area contributed by atoms with E-state index in [9.17, 15) is 14.0 Å². The van der Waals surface area contributed by atoms with Crippen LogP contribution in [0.4, 0.5) is 15.8 Å². The Labute approximate surface area is 152 Å². The molecule has 1 atom stereocenters. The van der Waals surface area contributed by atoms with Crippen LogP contribution in [-0.2, 0) is 14.3 Å². The van der Waals surface area contributed by atoms with Crippen molar-refractivity contribution < 1.29 is 18.7 Å². The highest BCUT2D eigenvalue weighted by atomic mass is 19.1. The summed E-state index contributed by atoms with van der Waals surface area (Å²) in [6, 6.07) is 4.31. The van der Waals surface area contributed by atoms with E-state index in [1.165, 1.54) is 17.0 Å². The maximum Gasteiger partial charge on any atom is 0.253 e. The van der Waals surface area contributed by atoms with E-state index in [0.717, 1.165) is 19.4 Å². The standard InChI is InChI=1S/C18H25FN4O3/c1-2-22(13-4-5-13)16(10-20)18(25)21-12-3-6-15(14(19)9-12)23-7-8-26-11-17(23)24/h3,6,9,13,16H,2,4-5,7-8,10-11,20H2,1H3,(H,21,25)/t16-/m0/s1. The van der Waals surface area contributed by atoms with Crippen LogP contribution in [0.3, 0.4) is 0 Å². The van der Waals surface area contributed by atoms with Crippen molar-refractivity contribution in [3.05, 3.63) is 24.0 Å². The number of nitrogens with two attached hydrogens (primary N) is 1. The molecule has 26 heavy (non-hydrogen) atoms. The number of carbonyl (C=O) groups is 2. The summed E-state index contributed by atoms with van der Waals surface area (Å²) in [6.45, 7) is 3.58. The zero-order chi connectivity index (χ0) is 18.7. The number of likely N-dealkylation sites (N-methyl/N-ethyl adjacent to an activating group) is 1. The van der Waals surface area contributed by atoms with Crippen LogP contribution in [0.15, 0.2) is 18.2 Å². The maximum atomic E-state index is 14.5. The molecule has 0 aromatic heterocycles. The number of amides is 2. The lowest BCUT2D eigenvalue weighted by Gasteiger charge is -2.29. The number of hydrogen-bond acceptors (Lipinski definition) is 5. The summed E-state index contributed by atoms with van der Waals surface area (Å²) in [6.07, 6.45) is 2.16. The lowest BCUT2D eigenvalue weighted by atomic mass is 10.2. The van der Waals surface area contributed by atoms with Crippen molar-refractivity contribution >= 4 is 23.2 Å². The number of halogens is 1. The SMILES string of the molecule is CCN(C1CC1)[C@@H](CN)C(=O)Nc1ccc(N2CCOCC2=O)c(F)c1. The van der Waals surface area contributed by atoms with E-state index in [1.807, 2.05) is 6.92 Å². The van der Waals surface area contributed by atoms with Gasteiger partial charge in [-0.3, -0.25) is 14.5 Å². The number of morpholine rings is 1. The van der Waals surface area contributed by atoms with E-state index in [4.69, 9.17) is 10.5 Å². The first kappa shape index (κ1) is 18.8. The Kier molecular flexibility index (Phi) is 5.85. The molecule has 0 spiro atoms. The van der Waals surface area contributed by atoms with Crippen LogP contribution in [0.5, 0.6) is 0 Å². The summed E-state index contributed by atoms with van der Waals surface area (Å²) >= 11 is 0. The van der Waals surface area contributed by atoms with Crippen molar-refractivity contribution in [3.63, 3.8) is 0 Å². The molecule has 1 aliphatic carbocycles. The minimum atomic E-state index is -0.558. The molecule has 2 aliphatic rings. The second-order valence-corrected chi connectivity index (χ2v) is 6.57. The van der Waals surface area contributed by atoms with Crippen LogP contribution in [0.1, 0.15) is 19.8 Å². The number of ether oxygens (including phenoxy) is 1. The first-order chi connectivity index (χ1) is 12.5. The van der Waals surface area contributed by atoms with Crippen LogP contribution in [-0.4, -0.2) is 61.6 Å². The summed E-state index contributed by atoms with van der Waals surface area (Å²) < 4.78 is 19.5. The van der Waals surface area contributed by atoms with Crippen LogP contribution < -0.4 is 16.0 Å². The smallest absolute Gasteiger partial charge is 0.253 e. The molecule has 1 aromatic carbocycles. The van der Waals surface area contributed by atoms with Crippen molar-refractivity contribution in [3.8, 4) is 0 Å². The summed E-state index contributed by atoms with van der Waals surface area (Å²) in [7, 11) is 0. The fourth-order valence-corrected chi connectivity index (χ4v) is 3.33. The Bertz CT molecular complexity index is 680. The van der Waals surface area contributed by atoms with Gasteiger partial charge in [-0.1, -0.05) is 6.92 Å². The molecule has 1 saturated heterocycles. The van der Waals surface area contributed by atoms with Crippen molar-refractivity contribution in [2.24, 2.45) is 5.73 Å². The summed E-state index contributed by atoms with van der Waals surface area (Å²) in [4.78, 5) is 27.9. The summed E-state index contributed by atoms with van der Waals surface area (Å²) in [5.41, 5.74) is 6.35. The van der Waals surface area contributed by atoms with E-state index < -0.39 is 11.9 Å². The van der Waals surface area contributed by atoms with Crippen molar-refractivity contribution in [2.75, 3.05) is 43.1 Å². The van der Waals surface area contributed by atoms with E-state index in [1.54, 1.807) is 6.07 Å². The van der Waals surface area contributed by atoms with Gasteiger partial charge in [-0.15, -0.1) is 0 Å². The fraction of sp³-hybridized carbons (Fsp3) is 0.556. The third-order valence-electron chi connectivity index (χ3n) is 4.80. The largest absolute Gasteiger partial charge is 0.370 e. The normalized spacial score (nSPS) is 18.9. The molecular weight excluding hydrogens is 339 g/mol. The van der Waals surface area contributed by atoms with Crippen LogP contribution >= 0.6 is 0 Å². The molecule has 3 N–H and O–H groups in total. The highest BCUT2D eigenvalue weighted by Crippen LogP contribution is 2.29. The molecule has 7 nitrogen and oxygen atoms in total. The quantitative estimate of drug-likeness (QED) is 0.752. The molecule has 2 fully saturated rings. The second kappa shape index (κ2) is 8.11. The molecule has 0 radical (unpaired) electrons. The zero-order valence-electron chi connectivity index (χ0n) is 14.9. The van der Waals surface area contributed by atoms with E-state index >= 15 is 0 Å². The monoisotopic (exact) mass is 364 g/mol. The number of rotatable bonds is 7. The Morgan fingerprint density at radius 3 is 2.85 bits per heavy atom. The number of anilines is 2.